The first-order valence-corrected chi connectivity index (χ1v) is 8.78. The first-order valence-electron chi connectivity index (χ1n) is 8.78. The summed E-state index contributed by atoms with van der Waals surface area (Å²) in [6, 6.07) is 13.3. The zero-order valence-corrected chi connectivity index (χ0v) is 16.7. The van der Waals surface area contributed by atoms with Crippen LogP contribution in [0.1, 0.15) is 11.3 Å². The molecule has 0 spiro atoms. The molecule has 0 amide bonds. The number of rotatable bonds is 7. The molecule has 0 aliphatic carbocycles. The van der Waals surface area contributed by atoms with E-state index in [1.165, 1.54) is 0 Å². The smallest absolute Gasteiger partial charge is 0.229 e. The van der Waals surface area contributed by atoms with Gasteiger partial charge in [0.15, 0.2) is 0 Å². The Bertz CT molecular complexity index is 976. The molecule has 0 unspecified atom stereocenters. The Morgan fingerprint density at radius 3 is 2.07 bits per heavy atom. The van der Waals surface area contributed by atoms with E-state index in [0.29, 0.717) is 17.5 Å². The number of aryl methyl sites for hydroxylation is 2. The number of aromatic nitrogens is 2. The number of anilines is 4. The molecule has 3 aromatic rings. The fourth-order valence-electron chi connectivity index (χ4n) is 2.78. The van der Waals surface area contributed by atoms with Crippen LogP contribution in [0.2, 0.25) is 0 Å². The molecule has 3 rings (SSSR count). The van der Waals surface area contributed by atoms with Gasteiger partial charge in [0.2, 0.25) is 5.95 Å². The number of ether oxygens (including phenoxy) is 3. The number of methoxy groups -OCH3 is 3. The van der Waals surface area contributed by atoms with Crippen molar-refractivity contribution >= 4 is 23.1 Å². The summed E-state index contributed by atoms with van der Waals surface area (Å²) >= 11 is 0. The van der Waals surface area contributed by atoms with Crippen LogP contribution in [0.25, 0.3) is 0 Å². The van der Waals surface area contributed by atoms with Gasteiger partial charge in [0, 0.05) is 17.8 Å². The third-order valence-electron chi connectivity index (χ3n) is 4.13. The third kappa shape index (κ3) is 4.43. The van der Waals surface area contributed by atoms with Crippen molar-refractivity contribution < 1.29 is 14.2 Å². The van der Waals surface area contributed by atoms with Gasteiger partial charge in [-0.25, -0.2) is 4.98 Å². The van der Waals surface area contributed by atoms with Gasteiger partial charge in [-0.1, -0.05) is 6.07 Å². The lowest BCUT2D eigenvalue weighted by molar-refractivity contribution is 0.405. The van der Waals surface area contributed by atoms with E-state index in [0.717, 1.165) is 34.1 Å². The molecular formula is C21H24N4O3. The van der Waals surface area contributed by atoms with Crippen molar-refractivity contribution in [2.45, 2.75) is 13.8 Å². The van der Waals surface area contributed by atoms with E-state index in [1.54, 1.807) is 21.3 Å². The predicted molar refractivity (Wildman–Crippen MR) is 111 cm³/mol. The van der Waals surface area contributed by atoms with Crippen LogP contribution in [-0.2, 0) is 0 Å². The van der Waals surface area contributed by atoms with Gasteiger partial charge in [-0.3, -0.25) is 0 Å². The van der Waals surface area contributed by atoms with Gasteiger partial charge in [0.1, 0.15) is 23.1 Å². The van der Waals surface area contributed by atoms with Crippen molar-refractivity contribution in [1.29, 1.82) is 0 Å². The molecule has 2 N–H and O–H groups in total. The van der Waals surface area contributed by atoms with E-state index in [4.69, 9.17) is 14.2 Å². The van der Waals surface area contributed by atoms with Crippen LogP contribution in [-0.4, -0.2) is 31.3 Å². The summed E-state index contributed by atoms with van der Waals surface area (Å²) in [6.07, 6.45) is 0. The molecule has 1 heterocycles. The quantitative estimate of drug-likeness (QED) is 0.620. The monoisotopic (exact) mass is 380 g/mol. The molecule has 28 heavy (non-hydrogen) atoms. The minimum absolute atomic E-state index is 0.466. The lowest BCUT2D eigenvalue weighted by atomic mass is 10.2. The van der Waals surface area contributed by atoms with Crippen molar-refractivity contribution in [3.05, 3.63) is 53.7 Å². The summed E-state index contributed by atoms with van der Waals surface area (Å²) in [5.41, 5.74) is 3.47. The molecule has 2 aromatic carbocycles. The van der Waals surface area contributed by atoms with E-state index in [9.17, 15) is 0 Å². The summed E-state index contributed by atoms with van der Waals surface area (Å²) < 4.78 is 16.1. The Labute approximate surface area is 164 Å². The Kier molecular flexibility index (Phi) is 5.84. The summed E-state index contributed by atoms with van der Waals surface area (Å²) in [5.74, 6) is 3.23. The Hall–Kier alpha value is -3.48. The zero-order chi connectivity index (χ0) is 20.1. The highest BCUT2D eigenvalue weighted by atomic mass is 16.5. The molecule has 0 radical (unpaired) electrons. The SMILES string of the molecule is COc1ccc(OC)c(Nc2cc(C)nc(Nc3cc(C)ccc3OC)n2)c1. The fraction of sp³-hybridized carbons (Fsp3) is 0.238. The van der Waals surface area contributed by atoms with E-state index in [-0.39, 0.29) is 0 Å². The molecule has 0 saturated heterocycles. The zero-order valence-electron chi connectivity index (χ0n) is 16.7. The maximum Gasteiger partial charge on any atom is 0.229 e. The predicted octanol–water partition coefficient (Wildman–Crippen LogP) is 4.61. The summed E-state index contributed by atoms with van der Waals surface area (Å²) in [4.78, 5) is 9.05. The summed E-state index contributed by atoms with van der Waals surface area (Å²) in [7, 11) is 4.88. The van der Waals surface area contributed by atoms with Gasteiger partial charge in [0.05, 0.1) is 32.7 Å². The van der Waals surface area contributed by atoms with Crippen molar-refractivity contribution in [2.24, 2.45) is 0 Å². The molecule has 0 fully saturated rings. The van der Waals surface area contributed by atoms with Crippen LogP contribution in [0.3, 0.4) is 0 Å². The minimum Gasteiger partial charge on any atom is -0.497 e. The first kappa shape index (κ1) is 19.3. The minimum atomic E-state index is 0.466. The van der Waals surface area contributed by atoms with Crippen molar-refractivity contribution in [3.63, 3.8) is 0 Å². The van der Waals surface area contributed by atoms with Crippen LogP contribution in [0.5, 0.6) is 17.2 Å². The average molecular weight is 380 g/mol. The van der Waals surface area contributed by atoms with Gasteiger partial charge in [-0.05, 0) is 43.7 Å². The molecule has 7 nitrogen and oxygen atoms in total. The van der Waals surface area contributed by atoms with E-state index < -0.39 is 0 Å². The number of hydrogen-bond donors (Lipinski definition) is 2. The maximum atomic E-state index is 5.42. The molecular weight excluding hydrogens is 356 g/mol. The van der Waals surface area contributed by atoms with Crippen molar-refractivity contribution in [2.75, 3.05) is 32.0 Å². The van der Waals surface area contributed by atoms with Crippen LogP contribution >= 0.6 is 0 Å². The molecule has 0 saturated carbocycles. The second-order valence-corrected chi connectivity index (χ2v) is 6.24. The van der Waals surface area contributed by atoms with Crippen molar-refractivity contribution in [3.8, 4) is 17.2 Å². The van der Waals surface area contributed by atoms with Gasteiger partial charge in [-0.2, -0.15) is 4.98 Å². The number of benzene rings is 2. The molecule has 0 bridgehead atoms. The van der Waals surface area contributed by atoms with Crippen LogP contribution in [0.4, 0.5) is 23.1 Å². The summed E-state index contributed by atoms with van der Waals surface area (Å²) in [6.45, 7) is 3.93. The van der Waals surface area contributed by atoms with E-state index in [1.807, 2.05) is 56.3 Å². The Morgan fingerprint density at radius 1 is 0.714 bits per heavy atom. The van der Waals surface area contributed by atoms with Crippen LogP contribution in [0.15, 0.2) is 42.5 Å². The van der Waals surface area contributed by atoms with Crippen LogP contribution in [0, 0.1) is 13.8 Å². The topological polar surface area (TPSA) is 77.5 Å². The molecule has 146 valence electrons. The molecule has 0 atom stereocenters. The second kappa shape index (κ2) is 8.47. The lowest BCUT2D eigenvalue weighted by Gasteiger charge is -2.14. The molecule has 1 aromatic heterocycles. The van der Waals surface area contributed by atoms with Gasteiger partial charge in [0.25, 0.3) is 0 Å². The maximum absolute atomic E-state index is 5.42. The molecule has 7 heteroatoms. The fourth-order valence-corrected chi connectivity index (χ4v) is 2.78. The van der Waals surface area contributed by atoms with Crippen molar-refractivity contribution in [1.82, 2.24) is 9.97 Å². The average Bonchev–Trinajstić information content (AvgIpc) is 2.67. The van der Waals surface area contributed by atoms with Crippen LogP contribution < -0.4 is 24.8 Å². The largest absolute Gasteiger partial charge is 0.497 e. The Balaban J connectivity index is 1.92. The third-order valence-corrected chi connectivity index (χ3v) is 4.13. The highest BCUT2D eigenvalue weighted by Gasteiger charge is 2.10. The number of nitrogens with zero attached hydrogens (tertiary/aromatic N) is 2. The number of hydrogen-bond acceptors (Lipinski definition) is 7. The van der Waals surface area contributed by atoms with E-state index in [2.05, 4.69) is 20.6 Å². The normalized spacial score (nSPS) is 10.3. The highest BCUT2D eigenvalue weighted by molar-refractivity contribution is 5.68. The Morgan fingerprint density at radius 2 is 1.39 bits per heavy atom. The van der Waals surface area contributed by atoms with Gasteiger partial charge < -0.3 is 24.8 Å². The molecule has 0 aliphatic heterocycles. The van der Waals surface area contributed by atoms with E-state index >= 15 is 0 Å². The lowest BCUT2D eigenvalue weighted by Crippen LogP contribution is -2.04. The van der Waals surface area contributed by atoms with Gasteiger partial charge >= 0.3 is 0 Å². The number of nitrogens with one attached hydrogen (secondary N) is 2. The first-order chi connectivity index (χ1) is 13.5. The second-order valence-electron chi connectivity index (χ2n) is 6.24. The van der Waals surface area contributed by atoms with Gasteiger partial charge in [-0.15, -0.1) is 0 Å². The highest BCUT2D eigenvalue weighted by Crippen LogP contribution is 2.32. The summed E-state index contributed by atoms with van der Waals surface area (Å²) in [5, 5.41) is 6.52. The molecule has 0 aliphatic rings. The standard InChI is InChI=1S/C21H24N4O3/c1-13-6-8-18(27-4)16(10-13)24-21-22-14(2)11-20(25-21)23-17-12-15(26-3)7-9-19(17)28-5/h6-12H,1-5H3,(H2,22,23,24,25).